The number of aromatic nitrogens is 2. The summed E-state index contributed by atoms with van der Waals surface area (Å²) >= 11 is 0. The van der Waals surface area contributed by atoms with Gasteiger partial charge in [0.2, 0.25) is 11.8 Å². The van der Waals surface area contributed by atoms with Crippen LogP contribution in [-0.4, -0.2) is 31.3 Å². The topological polar surface area (TPSA) is 108 Å². The molecule has 0 spiro atoms. The number of hydrogen-bond acceptors (Lipinski definition) is 5. The van der Waals surface area contributed by atoms with Gasteiger partial charge in [-0.1, -0.05) is 68.4 Å². The molecule has 1 amide bonds. The van der Waals surface area contributed by atoms with Gasteiger partial charge in [0.1, 0.15) is 5.56 Å². The lowest BCUT2D eigenvalue weighted by atomic mass is 9.96. The molecule has 0 bridgehead atoms. The van der Waals surface area contributed by atoms with E-state index >= 15 is 0 Å². The van der Waals surface area contributed by atoms with Gasteiger partial charge in [0.05, 0.1) is 18.3 Å². The standard InChI is InChI=1S/C25H26N4O4/c1-15(2)18-9-11-19(12-10-18)21-13-20(27-29(21)16(3)30)22-23(31)26-25(33)28(24(22)32)14-17-7-5-4-6-8-17/h4-12,15,21,32H,13-14H2,1-3H3,(H,26,31,33)/t21-/m0/s1. The number of amides is 1. The van der Waals surface area contributed by atoms with E-state index < -0.39 is 23.2 Å². The molecule has 0 radical (unpaired) electrons. The van der Waals surface area contributed by atoms with E-state index in [2.05, 4.69) is 23.9 Å². The van der Waals surface area contributed by atoms with E-state index in [0.717, 1.165) is 15.7 Å². The van der Waals surface area contributed by atoms with Crippen LogP contribution in [0.3, 0.4) is 0 Å². The van der Waals surface area contributed by atoms with Crippen LogP contribution >= 0.6 is 0 Å². The Morgan fingerprint density at radius 1 is 1.12 bits per heavy atom. The predicted molar refractivity (Wildman–Crippen MR) is 125 cm³/mol. The Balaban J connectivity index is 1.73. The quantitative estimate of drug-likeness (QED) is 0.628. The summed E-state index contributed by atoms with van der Waals surface area (Å²) in [7, 11) is 0. The third kappa shape index (κ3) is 4.37. The maximum atomic E-state index is 12.7. The lowest BCUT2D eigenvalue weighted by molar-refractivity contribution is -0.130. The van der Waals surface area contributed by atoms with Crippen LogP contribution in [0.25, 0.3) is 0 Å². The van der Waals surface area contributed by atoms with Crippen LogP contribution < -0.4 is 11.2 Å². The molecule has 1 aromatic heterocycles. The lowest BCUT2D eigenvalue weighted by Gasteiger charge is -2.21. The number of carbonyl (C=O) groups is 1. The van der Waals surface area contributed by atoms with Gasteiger partial charge >= 0.3 is 5.69 Å². The highest BCUT2D eigenvalue weighted by molar-refractivity contribution is 6.04. The fraction of sp³-hybridized carbons (Fsp3) is 0.280. The summed E-state index contributed by atoms with van der Waals surface area (Å²) in [6.07, 6.45) is 0.237. The smallest absolute Gasteiger partial charge is 0.331 e. The van der Waals surface area contributed by atoms with Crippen molar-refractivity contribution in [2.24, 2.45) is 5.10 Å². The van der Waals surface area contributed by atoms with Crippen molar-refractivity contribution in [3.05, 3.63) is 97.7 Å². The van der Waals surface area contributed by atoms with Crippen LogP contribution in [0.5, 0.6) is 5.88 Å². The number of H-pyrrole nitrogens is 1. The Morgan fingerprint density at radius 2 is 1.79 bits per heavy atom. The first-order valence-corrected chi connectivity index (χ1v) is 10.8. The van der Waals surface area contributed by atoms with E-state index in [0.29, 0.717) is 5.92 Å². The minimum Gasteiger partial charge on any atom is -0.494 e. The minimum atomic E-state index is -0.736. The van der Waals surface area contributed by atoms with Crippen molar-refractivity contribution >= 4 is 11.6 Å². The highest BCUT2D eigenvalue weighted by atomic mass is 16.3. The predicted octanol–water partition coefficient (Wildman–Crippen LogP) is 3.11. The van der Waals surface area contributed by atoms with Crippen LogP contribution in [0.4, 0.5) is 0 Å². The second-order valence-corrected chi connectivity index (χ2v) is 8.48. The second kappa shape index (κ2) is 8.90. The molecule has 0 aliphatic carbocycles. The normalized spacial score (nSPS) is 15.7. The van der Waals surface area contributed by atoms with Gasteiger partial charge in [0, 0.05) is 13.3 Å². The van der Waals surface area contributed by atoms with Crippen LogP contribution in [0.15, 0.2) is 69.3 Å². The molecule has 1 aliphatic heterocycles. The van der Waals surface area contributed by atoms with Gasteiger partial charge in [0.15, 0.2) is 0 Å². The molecule has 33 heavy (non-hydrogen) atoms. The first kappa shape index (κ1) is 22.3. The third-order valence-corrected chi connectivity index (χ3v) is 5.86. The number of carbonyl (C=O) groups excluding carboxylic acids is 1. The molecule has 2 N–H and O–H groups in total. The Bertz CT molecular complexity index is 1320. The van der Waals surface area contributed by atoms with Crippen molar-refractivity contribution < 1.29 is 9.90 Å². The zero-order chi connectivity index (χ0) is 23.7. The molecule has 2 aromatic carbocycles. The van der Waals surface area contributed by atoms with Gasteiger partial charge in [-0.2, -0.15) is 5.10 Å². The SMILES string of the molecule is CC(=O)N1N=C(c2c(O)n(Cc3ccccc3)c(=O)[nH]c2=O)C[C@H]1c1ccc(C(C)C)cc1. The summed E-state index contributed by atoms with van der Waals surface area (Å²) in [5.74, 6) is -0.373. The zero-order valence-electron chi connectivity index (χ0n) is 18.8. The number of benzene rings is 2. The van der Waals surface area contributed by atoms with Crippen LogP contribution in [0, 0.1) is 0 Å². The van der Waals surface area contributed by atoms with Crippen molar-refractivity contribution in [1.82, 2.24) is 14.6 Å². The number of nitrogens with one attached hydrogen (secondary N) is 1. The van der Waals surface area contributed by atoms with Crippen molar-refractivity contribution in [3.8, 4) is 5.88 Å². The zero-order valence-corrected chi connectivity index (χ0v) is 18.8. The van der Waals surface area contributed by atoms with Crippen LogP contribution in [-0.2, 0) is 11.3 Å². The molecule has 0 fully saturated rings. The number of rotatable bonds is 5. The summed E-state index contributed by atoms with van der Waals surface area (Å²) in [6, 6.07) is 16.7. The maximum absolute atomic E-state index is 12.7. The van der Waals surface area contributed by atoms with E-state index in [9.17, 15) is 19.5 Å². The van der Waals surface area contributed by atoms with Crippen molar-refractivity contribution in [1.29, 1.82) is 0 Å². The highest BCUT2D eigenvalue weighted by Crippen LogP contribution is 2.34. The van der Waals surface area contributed by atoms with E-state index in [1.165, 1.54) is 17.5 Å². The molecule has 0 saturated carbocycles. The van der Waals surface area contributed by atoms with Gasteiger partial charge in [0.25, 0.3) is 5.56 Å². The Kier molecular flexibility index (Phi) is 6.00. The van der Waals surface area contributed by atoms with Gasteiger partial charge in [-0.05, 0) is 22.6 Å². The Labute approximate surface area is 190 Å². The number of nitrogens with zero attached hydrogens (tertiary/aromatic N) is 3. The molecule has 2 heterocycles. The third-order valence-electron chi connectivity index (χ3n) is 5.86. The summed E-state index contributed by atoms with van der Waals surface area (Å²) < 4.78 is 1.09. The van der Waals surface area contributed by atoms with E-state index in [1.807, 2.05) is 54.6 Å². The monoisotopic (exact) mass is 446 g/mol. The highest BCUT2D eigenvalue weighted by Gasteiger charge is 2.34. The first-order valence-electron chi connectivity index (χ1n) is 10.8. The summed E-state index contributed by atoms with van der Waals surface area (Å²) in [6.45, 7) is 5.70. The fourth-order valence-electron chi connectivity index (χ4n) is 4.05. The largest absolute Gasteiger partial charge is 0.494 e. The summed E-state index contributed by atoms with van der Waals surface area (Å²) in [5, 5.41) is 16.6. The van der Waals surface area contributed by atoms with Crippen LogP contribution in [0.1, 0.15) is 61.4 Å². The van der Waals surface area contributed by atoms with E-state index in [4.69, 9.17) is 0 Å². The van der Waals surface area contributed by atoms with Crippen LogP contribution in [0.2, 0.25) is 0 Å². The Hall–Kier alpha value is -3.94. The number of aromatic hydroxyl groups is 1. The van der Waals surface area contributed by atoms with Crippen molar-refractivity contribution in [2.45, 2.75) is 45.7 Å². The van der Waals surface area contributed by atoms with Gasteiger partial charge in [-0.3, -0.25) is 19.1 Å². The number of hydrazone groups is 1. The fourth-order valence-corrected chi connectivity index (χ4v) is 4.05. The molecule has 170 valence electrons. The van der Waals surface area contributed by atoms with E-state index in [-0.39, 0.29) is 30.1 Å². The molecule has 0 unspecified atom stereocenters. The molecule has 8 heteroatoms. The molecular weight excluding hydrogens is 420 g/mol. The molecule has 1 atom stereocenters. The molecule has 3 aromatic rings. The molecule has 1 aliphatic rings. The average molecular weight is 447 g/mol. The van der Waals surface area contributed by atoms with Gasteiger partial charge < -0.3 is 5.11 Å². The molecule has 8 nitrogen and oxygen atoms in total. The maximum Gasteiger partial charge on any atom is 0.331 e. The molecule has 0 saturated heterocycles. The molecular formula is C25H26N4O4. The number of aromatic amines is 1. The average Bonchev–Trinajstić information content (AvgIpc) is 3.22. The Morgan fingerprint density at radius 3 is 2.39 bits per heavy atom. The van der Waals surface area contributed by atoms with Crippen molar-refractivity contribution in [3.63, 3.8) is 0 Å². The number of hydrogen-bond donors (Lipinski definition) is 2. The van der Waals surface area contributed by atoms with Gasteiger partial charge in [-0.15, -0.1) is 0 Å². The summed E-state index contributed by atoms with van der Waals surface area (Å²) in [4.78, 5) is 39.7. The van der Waals surface area contributed by atoms with Crippen molar-refractivity contribution in [2.75, 3.05) is 0 Å². The van der Waals surface area contributed by atoms with E-state index in [1.54, 1.807) is 0 Å². The first-order chi connectivity index (χ1) is 15.8. The van der Waals surface area contributed by atoms with Gasteiger partial charge in [-0.25, -0.2) is 9.80 Å². The lowest BCUT2D eigenvalue weighted by Crippen LogP contribution is -2.34. The summed E-state index contributed by atoms with van der Waals surface area (Å²) in [5.41, 5.74) is 1.54. The minimum absolute atomic E-state index is 0.0824. The molecule has 4 rings (SSSR count). The second-order valence-electron chi connectivity index (χ2n) is 8.48.